The van der Waals surface area contributed by atoms with Crippen molar-refractivity contribution in [3.63, 3.8) is 0 Å². The molecule has 4 atom stereocenters. The standard InChI is InChI=1S/C15H30N2O3S/c1-4-21(20)14-8-6-5-7-13(14)17-15(19)16-12(10-18)9-11(2)3/h11-14,18H,4-10H2,1-3H3,(H2,16,17,19). The smallest absolute Gasteiger partial charge is 0.315 e. The van der Waals surface area contributed by atoms with Crippen LogP contribution in [0.15, 0.2) is 0 Å². The first-order valence-electron chi connectivity index (χ1n) is 8.03. The Hall–Kier alpha value is -0.620. The van der Waals surface area contributed by atoms with Crippen molar-refractivity contribution >= 4 is 16.8 Å². The molecule has 1 fully saturated rings. The maximum Gasteiger partial charge on any atom is 0.315 e. The van der Waals surface area contributed by atoms with Gasteiger partial charge in [0.1, 0.15) is 0 Å². The van der Waals surface area contributed by atoms with E-state index in [1.54, 1.807) is 0 Å². The Kier molecular flexibility index (Phi) is 8.26. The fraction of sp³-hybridized carbons (Fsp3) is 0.933. The summed E-state index contributed by atoms with van der Waals surface area (Å²) in [5.74, 6) is 1.05. The molecule has 1 aliphatic carbocycles. The summed E-state index contributed by atoms with van der Waals surface area (Å²) >= 11 is 0. The molecule has 1 rings (SSSR count). The molecule has 2 amide bonds. The summed E-state index contributed by atoms with van der Waals surface area (Å²) in [6.45, 7) is 5.99. The van der Waals surface area contributed by atoms with Gasteiger partial charge in [-0.3, -0.25) is 4.21 Å². The highest BCUT2D eigenvalue weighted by molar-refractivity contribution is 7.85. The van der Waals surface area contributed by atoms with Gasteiger partial charge in [-0.1, -0.05) is 33.6 Å². The van der Waals surface area contributed by atoms with Gasteiger partial charge in [-0.15, -0.1) is 0 Å². The number of aliphatic hydroxyl groups excluding tert-OH is 1. The van der Waals surface area contributed by atoms with Crippen LogP contribution in [-0.4, -0.2) is 45.0 Å². The van der Waals surface area contributed by atoms with Crippen LogP contribution >= 0.6 is 0 Å². The second-order valence-corrected chi connectivity index (χ2v) is 8.17. The number of hydrogen-bond acceptors (Lipinski definition) is 3. The van der Waals surface area contributed by atoms with Crippen LogP contribution in [-0.2, 0) is 10.8 Å². The van der Waals surface area contributed by atoms with E-state index in [0.29, 0.717) is 11.7 Å². The van der Waals surface area contributed by atoms with E-state index in [1.807, 2.05) is 6.92 Å². The lowest BCUT2D eigenvalue weighted by Gasteiger charge is -2.32. The zero-order chi connectivity index (χ0) is 15.8. The number of rotatable bonds is 7. The number of urea groups is 1. The fourth-order valence-corrected chi connectivity index (χ4v) is 4.36. The first-order valence-corrected chi connectivity index (χ1v) is 9.41. The molecule has 0 aliphatic heterocycles. The number of carbonyl (C=O) groups is 1. The average molecular weight is 318 g/mol. The SMILES string of the molecule is CCS(=O)C1CCCCC1NC(=O)NC(CO)CC(C)C. The number of nitrogens with one attached hydrogen (secondary N) is 2. The molecule has 6 heteroatoms. The zero-order valence-corrected chi connectivity index (χ0v) is 14.2. The van der Waals surface area contributed by atoms with Gasteiger partial charge in [0.2, 0.25) is 0 Å². The van der Waals surface area contributed by atoms with E-state index in [0.717, 1.165) is 32.1 Å². The third-order valence-electron chi connectivity index (χ3n) is 3.95. The van der Waals surface area contributed by atoms with Gasteiger partial charge in [0, 0.05) is 22.6 Å². The Labute approximate surface area is 130 Å². The Morgan fingerprint density at radius 1 is 1.33 bits per heavy atom. The van der Waals surface area contributed by atoms with Gasteiger partial charge in [-0.2, -0.15) is 0 Å². The summed E-state index contributed by atoms with van der Waals surface area (Å²) in [6.07, 6.45) is 4.71. The predicted octanol–water partition coefficient (Wildman–Crippen LogP) is 1.77. The first kappa shape index (κ1) is 18.4. The van der Waals surface area contributed by atoms with Crippen molar-refractivity contribution in [3.8, 4) is 0 Å². The van der Waals surface area contributed by atoms with E-state index in [9.17, 15) is 14.1 Å². The van der Waals surface area contributed by atoms with E-state index in [4.69, 9.17) is 0 Å². The summed E-state index contributed by atoms with van der Waals surface area (Å²) in [4.78, 5) is 12.1. The van der Waals surface area contributed by atoms with Crippen molar-refractivity contribution in [2.24, 2.45) is 5.92 Å². The van der Waals surface area contributed by atoms with Crippen LogP contribution in [0, 0.1) is 5.92 Å². The maximum absolute atomic E-state index is 12.1. The van der Waals surface area contributed by atoms with Gasteiger partial charge >= 0.3 is 6.03 Å². The van der Waals surface area contributed by atoms with E-state index in [-0.39, 0.29) is 30.0 Å². The van der Waals surface area contributed by atoms with Crippen molar-refractivity contribution in [2.75, 3.05) is 12.4 Å². The largest absolute Gasteiger partial charge is 0.394 e. The molecule has 21 heavy (non-hydrogen) atoms. The van der Waals surface area contributed by atoms with Gasteiger partial charge in [-0.25, -0.2) is 4.79 Å². The van der Waals surface area contributed by atoms with E-state index >= 15 is 0 Å². The average Bonchev–Trinajstić information content (AvgIpc) is 2.45. The van der Waals surface area contributed by atoms with Crippen LogP contribution in [0.25, 0.3) is 0 Å². The van der Waals surface area contributed by atoms with Gasteiger partial charge in [0.25, 0.3) is 0 Å². The minimum atomic E-state index is -0.875. The molecule has 5 nitrogen and oxygen atoms in total. The summed E-state index contributed by atoms with van der Waals surface area (Å²) in [5, 5.41) is 15.2. The maximum atomic E-state index is 12.1. The zero-order valence-electron chi connectivity index (χ0n) is 13.4. The molecule has 124 valence electrons. The lowest BCUT2D eigenvalue weighted by Crippen LogP contribution is -2.53. The molecule has 1 aliphatic rings. The van der Waals surface area contributed by atoms with Crippen molar-refractivity contribution in [1.29, 1.82) is 0 Å². The van der Waals surface area contributed by atoms with Gasteiger partial charge in [-0.05, 0) is 25.2 Å². The van der Waals surface area contributed by atoms with Gasteiger partial charge < -0.3 is 15.7 Å². The van der Waals surface area contributed by atoms with Gasteiger partial charge in [0.15, 0.2) is 0 Å². The number of hydrogen-bond donors (Lipinski definition) is 3. The second kappa shape index (κ2) is 9.41. The third kappa shape index (κ3) is 6.34. The fourth-order valence-electron chi connectivity index (χ4n) is 2.93. The summed E-state index contributed by atoms with van der Waals surface area (Å²) < 4.78 is 12.1. The van der Waals surface area contributed by atoms with Crippen molar-refractivity contribution in [3.05, 3.63) is 0 Å². The summed E-state index contributed by atoms with van der Waals surface area (Å²) in [5.41, 5.74) is 0. The summed E-state index contributed by atoms with van der Waals surface area (Å²) in [7, 11) is -0.875. The second-order valence-electron chi connectivity index (χ2n) is 6.23. The van der Waals surface area contributed by atoms with Crippen molar-refractivity contribution < 1.29 is 14.1 Å². The highest BCUT2D eigenvalue weighted by atomic mass is 32.2. The van der Waals surface area contributed by atoms with Crippen LogP contribution in [0.5, 0.6) is 0 Å². The van der Waals surface area contributed by atoms with E-state index in [2.05, 4.69) is 24.5 Å². The molecule has 4 unspecified atom stereocenters. The molecule has 0 radical (unpaired) electrons. The van der Waals surface area contributed by atoms with Crippen LogP contribution in [0.1, 0.15) is 52.9 Å². The topological polar surface area (TPSA) is 78.4 Å². The highest BCUT2D eigenvalue weighted by Gasteiger charge is 2.30. The lowest BCUT2D eigenvalue weighted by atomic mass is 9.95. The molecule has 3 N–H and O–H groups in total. The minimum absolute atomic E-state index is 0.0158. The molecule has 0 saturated heterocycles. The van der Waals surface area contributed by atoms with E-state index < -0.39 is 10.8 Å². The molecule has 0 bridgehead atoms. The third-order valence-corrected chi connectivity index (χ3v) is 5.76. The van der Waals surface area contributed by atoms with Crippen molar-refractivity contribution in [1.82, 2.24) is 10.6 Å². The van der Waals surface area contributed by atoms with Crippen LogP contribution in [0.2, 0.25) is 0 Å². The normalized spacial score (nSPS) is 25.4. The highest BCUT2D eigenvalue weighted by Crippen LogP contribution is 2.23. The number of amides is 2. The molecule has 0 aromatic carbocycles. The molecular weight excluding hydrogens is 288 g/mol. The van der Waals surface area contributed by atoms with Gasteiger partial charge in [0.05, 0.1) is 17.9 Å². The molecule has 0 heterocycles. The van der Waals surface area contributed by atoms with Crippen molar-refractivity contribution in [2.45, 2.75) is 70.2 Å². The lowest BCUT2D eigenvalue weighted by molar-refractivity contribution is 0.202. The Balaban J connectivity index is 2.52. The predicted molar refractivity (Wildman–Crippen MR) is 86.7 cm³/mol. The Bertz CT molecular complexity index is 350. The monoisotopic (exact) mass is 318 g/mol. The molecule has 1 saturated carbocycles. The van der Waals surface area contributed by atoms with Crippen LogP contribution < -0.4 is 10.6 Å². The van der Waals surface area contributed by atoms with E-state index in [1.165, 1.54) is 0 Å². The molecule has 0 aromatic heterocycles. The number of carbonyl (C=O) groups excluding carboxylic acids is 1. The Morgan fingerprint density at radius 3 is 2.57 bits per heavy atom. The summed E-state index contributed by atoms with van der Waals surface area (Å²) in [6, 6.07) is -0.485. The van der Waals surface area contributed by atoms with Crippen LogP contribution in [0.4, 0.5) is 4.79 Å². The minimum Gasteiger partial charge on any atom is -0.394 e. The number of aliphatic hydroxyl groups is 1. The Morgan fingerprint density at radius 2 is 2.00 bits per heavy atom. The quantitative estimate of drug-likeness (QED) is 0.669. The first-order chi connectivity index (χ1) is 9.97. The molecule has 0 spiro atoms. The molecular formula is C15H30N2O3S. The van der Waals surface area contributed by atoms with Crippen LogP contribution in [0.3, 0.4) is 0 Å². The molecule has 0 aromatic rings.